The molecule has 1 heterocycles. The van der Waals surface area contributed by atoms with Crippen molar-refractivity contribution < 1.29 is 9.59 Å². The number of hydrogen-bond acceptors (Lipinski definition) is 3. The van der Waals surface area contributed by atoms with Gasteiger partial charge in [-0.2, -0.15) is 0 Å². The van der Waals surface area contributed by atoms with E-state index < -0.39 is 0 Å². The van der Waals surface area contributed by atoms with Gasteiger partial charge in [0.05, 0.1) is 0 Å². The number of halogens is 1. The number of carbonyl (C=O) groups excluding carboxylic acids is 2. The molecule has 1 atom stereocenters. The van der Waals surface area contributed by atoms with Gasteiger partial charge < -0.3 is 21.3 Å². The van der Waals surface area contributed by atoms with Crippen LogP contribution in [-0.2, 0) is 4.79 Å². The first kappa shape index (κ1) is 19.3. The van der Waals surface area contributed by atoms with Crippen LogP contribution in [0.5, 0.6) is 0 Å². The maximum absolute atomic E-state index is 12.1. The van der Waals surface area contributed by atoms with Crippen molar-refractivity contribution in [3.05, 3.63) is 24.3 Å². The smallest absolute Gasteiger partial charge is 0.319 e. The Morgan fingerprint density at radius 3 is 2.00 bits per heavy atom. The van der Waals surface area contributed by atoms with Crippen molar-refractivity contribution in [1.29, 1.82) is 0 Å². The lowest BCUT2D eigenvalue weighted by Crippen LogP contribution is -2.48. The zero-order valence-corrected chi connectivity index (χ0v) is 14.5. The summed E-state index contributed by atoms with van der Waals surface area (Å²) in [6.45, 7) is 7.56. The average Bonchev–Trinajstić information content (AvgIpc) is 2.38. The minimum atomic E-state index is -0.238. The lowest BCUT2D eigenvalue weighted by atomic mass is 9.88. The van der Waals surface area contributed by atoms with Crippen molar-refractivity contribution in [2.75, 3.05) is 23.7 Å². The number of rotatable bonds is 5. The number of amides is 3. The van der Waals surface area contributed by atoms with Crippen LogP contribution in [0.4, 0.5) is 16.2 Å². The third-order valence-electron chi connectivity index (χ3n) is 3.76. The Kier molecular flexibility index (Phi) is 7.32. The lowest BCUT2D eigenvalue weighted by molar-refractivity contribution is -0.121. The van der Waals surface area contributed by atoms with E-state index in [2.05, 4.69) is 21.3 Å². The van der Waals surface area contributed by atoms with Gasteiger partial charge in [0.15, 0.2) is 0 Å². The van der Waals surface area contributed by atoms with E-state index >= 15 is 0 Å². The summed E-state index contributed by atoms with van der Waals surface area (Å²) in [7, 11) is 0. The van der Waals surface area contributed by atoms with Crippen LogP contribution in [-0.4, -0.2) is 31.1 Å². The molecule has 23 heavy (non-hydrogen) atoms. The van der Waals surface area contributed by atoms with Gasteiger partial charge in [0.1, 0.15) is 0 Å². The van der Waals surface area contributed by atoms with Gasteiger partial charge in [-0.25, -0.2) is 4.79 Å². The minimum Gasteiger partial charge on any atom is -0.336 e. The Bertz CT molecular complexity index is 529. The van der Waals surface area contributed by atoms with Gasteiger partial charge in [-0.1, -0.05) is 6.92 Å². The molecule has 7 heteroatoms. The van der Waals surface area contributed by atoms with E-state index in [1.165, 1.54) is 0 Å². The first-order valence-electron chi connectivity index (χ1n) is 7.65. The molecule has 1 aromatic carbocycles. The van der Waals surface area contributed by atoms with E-state index in [4.69, 9.17) is 0 Å². The highest BCUT2D eigenvalue weighted by Gasteiger charge is 2.28. The summed E-state index contributed by atoms with van der Waals surface area (Å²) in [6, 6.07) is 6.96. The molecule has 128 valence electrons. The predicted octanol–water partition coefficient (Wildman–Crippen LogP) is 2.43. The summed E-state index contributed by atoms with van der Waals surface area (Å²) >= 11 is 0. The van der Waals surface area contributed by atoms with E-state index in [-0.39, 0.29) is 36.3 Å². The second kappa shape index (κ2) is 8.74. The molecule has 0 radical (unpaired) electrons. The van der Waals surface area contributed by atoms with Gasteiger partial charge in [-0.15, -0.1) is 12.4 Å². The lowest BCUT2D eigenvalue weighted by Gasteiger charge is -2.31. The number of nitrogens with one attached hydrogen (secondary N) is 4. The van der Waals surface area contributed by atoms with Gasteiger partial charge in [0, 0.05) is 23.3 Å². The highest BCUT2D eigenvalue weighted by molar-refractivity contribution is 5.93. The molecular weight excluding hydrogens is 316 g/mol. The maximum atomic E-state index is 12.1. The summed E-state index contributed by atoms with van der Waals surface area (Å²) in [6.07, 6.45) is 0. The standard InChI is InChI=1S/C16H24N4O2.ClH/c1-10(2)18-16(22)20-14-6-4-13(5-7-14)19-15(21)11(3)12-8-17-9-12;/h4-7,10-12,17H,8-9H2,1-3H3,(H,19,21)(H2,18,20,22);1H. The van der Waals surface area contributed by atoms with Gasteiger partial charge in [0.25, 0.3) is 0 Å². The SMILES string of the molecule is CC(C)NC(=O)Nc1ccc(NC(=O)C(C)C2CNC2)cc1.Cl. The normalized spacial score (nSPS) is 15.1. The van der Waals surface area contributed by atoms with Crippen LogP contribution in [0.3, 0.4) is 0 Å². The van der Waals surface area contributed by atoms with Crippen molar-refractivity contribution >= 4 is 35.7 Å². The van der Waals surface area contributed by atoms with Crippen LogP contribution in [0.1, 0.15) is 20.8 Å². The zero-order chi connectivity index (χ0) is 16.1. The number of benzene rings is 1. The molecule has 0 spiro atoms. The summed E-state index contributed by atoms with van der Waals surface area (Å²) in [5.41, 5.74) is 1.42. The van der Waals surface area contributed by atoms with Crippen molar-refractivity contribution in [3.63, 3.8) is 0 Å². The van der Waals surface area contributed by atoms with Crippen LogP contribution in [0.15, 0.2) is 24.3 Å². The Morgan fingerprint density at radius 2 is 1.57 bits per heavy atom. The van der Waals surface area contributed by atoms with E-state index in [9.17, 15) is 9.59 Å². The van der Waals surface area contributed by atoms with E-state index in [0.29, 0.717) is 11.6 Å². The van der Waals surface area contributed by atoms with Crippen molar-refractivity contribution in [2.24, 2.45) is 11.8 Å². The Balaban J connectivity index is 0.00000264. The van der Waals surface area contributed by atoms with E-state index in [1.807, 2.05) is 20.8 Å². The monoisotopic (exact) mass is 340 g/mol. The molecular formula is C16H25ClN4O2. The van der Waals surface area contributed by atoms with Crippen LogP contribution in [0.2, 0.25) is 0 Å². The fourth-order valence-corrected chi connectivity index (χ4v) is 2.20. The number of urea groups is 1. The molecule has 0 bridgehead atoms. The zero-order valence-electron chi connectivity index (χ0n) is 13.7. The molecule has 4 N–H and O–H groups in total. The largest absolute Gasteiger partial charge is 0.336 e. The van der Waals surface area contributed by atoms with Gasteiger partial charge >= 0.3 is 6.03 Å². The molecule has 2 rings (SSSR count). The van der Waals surface area contributed by atoms with Crippen LogP contribution >= 0.6 is 12.4 Å². The summed E-state index contributed by atoms with van der Waals surface area (Å²) < 4.78 is 0. The molecule has 1 unspecified atom stereocenters. The molecule has 1 aromatic rings. The van der Waals surface area contributed by atoms with E-state index in [0.717, 1.165) is 18.8 Å². The molecule has 1 fully saturated rings. The highest BCUT2D eigenvalue weighted by atomic mass is 35.5. The predicted molar refractivity (Wildman–Crippen MR) is 95.1 cm³/mol. The quantitative estimate of drug-likeness (QED) is 0.664. The Morgan fingerprint density at radius 1 is 1.04 bits per heavy atom. The summed E-state index contributed by atoms with van der Waals surface area (Å²) in [5.74, 6) is 0.446. The van der Waals surface area contributed by atoms with Crippen molar-refractivity contribution in [3.8, 4) is 0 Å². The van der Waals surface area contributed by atoms with Crippen molar-refractivity contribution in [2.45, 2.75) is 26.8 Å². The topological polar surface area (TPSA) is 82.3 Å². The van der Waals surface area contributed by atoms with E-state index in [1.54, 1.807) is 24.3 Å². The second-order valence-electron chi connectivity index (χ2n) is 6.03. The van der Waals surface area contributed by atoms with Crippen LogP contribution in [0.25, 0.3) is 0 Å². The third-order valence-corrected chi connectivity index (χ3v) is 3.76. The fraction of sp³-hybridized carbons (Fsp3) is 0.500. The van der Waals surface area contributed by atoms with Gasteiger partial charge in [-0.3, -0.25) is 4.79 Å². The third kappa shape index (κ3) is 5.73. The van der Waals surface area contributed by atoms with Crippen molar-refractivity contribution in [1.82, 2.24) is 10.6 Å². The minimum absolute atomic E-state index is 0. The average molecular weight is 341 g/mol. The molecule has 3 amide bonds. The number of anilines is 2. The molecule has 6 nitrogen and oxygen atoms in total. The molecule has 0 saturated carbocycles. The Labute approximate surface area is 143 Å². The Hall–Kier alpha value is -1.79. The fourth-order valence-electron chi connectivity index (χ4n) is 2.20. The van der Waals surface area contributed by atoms with Gasteiger partial charge in [-0.05, 0) is 57.1 Å². The highest BCUT2D eigenvalue weighted by Crippen LogP contribution is 2.19. The second-order valence-corrected chi connectivity index (χ2v) is 6.03. The molecule has 0 aromatic heterocycles. The molecule has 1 saturated heterocycles. The summed E-state index contributed by atoms with van der Waals surface area (Å²) in [4.78, 5) is 23.7. The number of carbonyl (C=O) groups is 2. The van der Waals surface area contributed by atoms with Crippen LogP contribution in [0, 0.1) is 11.8 Å². The summed E-state index contributed by atoms with van der Waals surface area (Å²) in [5, 5.41) is 11.6. The van der Waals surface area contributed by atoms with Crippen LogP contribution < -0.4 is 21.3 Å². The number of hydrogen-bond donors (Lipinski definition) is 4. The molecule has 1 aliphatic rings. The first-order chi connectivity index (χ1) is 10.5. The first-order valence-corrected chi connectivity index (χ1v) is 7.65. The molecule has 0 aliphatic carbocycles. The molecule has 1 aliphatic heterocycles. The maximum Gasteiger partial charge on any atom is 0.319 e. The van der Waals surface area contributed by atoms with Gasteiger partial charge in [0.2, 0.25) is 5.91 Å².